The summed E-state index contributed by atoms with van der Waals surface area (Å²) in [6, 6.07) is 4.61. The Hall–Kier alpha value is -1.19. The monoisotopic (exact) mass is 246 g/mol. The van der Waals surface area contributed by atoms with Gasteiger partial charge in [-0.05, 0) is 56.0 Å². The van der Waals surface area contributed by atoms with Gasteiger partial charge in [0.2, 0.25) is 0 Å². The van der Waals surface area contributed by atoms with Crippen LogP contribution in [-0.2, 0) is 0 Å². The maximum absolute atomic E-state index is 4.58. The van der Waals surface area contributed by atoms with E-state index in [1.807, 2.05) is 13.2 Å². The van der Waals surface area contributed by atoms with Gasteiger partial charge in [0.1, 0.15) is 0 Å². The first-order chi connectivity index (χ1) is 8.11. The van der Waals surface area contributed by atoms with Crippen LogP contribution in [0.2, 0.25) is 0 Å². The van der Waals surface area contributed by atoms with E-state index in [0.717, 1.165) is 5.69 Å². The largest absolute Gasteiger partial charge is 0.308 e. The molecular formula is C14H18N2S. The molecule has 17 heavy (non-hydrogen) atoms. The van der Waals surface area contributed by atoms with Gasteiger partial charge in [-0.2, -0.15) is 0 Å². The normalized spacial score (nSPS) is 12.7. The van der Waals surface area contributed by atoms with E-state index >= 15 is 0 Å². The van der Waals surface area contributed by atoms with Crippen LogP contribution in [0.25, 0.3) is 0 Å². The van der Waals surface area contributed by atoms with Gasteiger partial charge in [0, 0.05) is 11.1 Å². The minimum absolute atomic E-state index is 0.195. The SMILES string of the molecule is CNC(c1csc(C)c1)c1ncc(C)cc1C. The molecule has 2 heterocycles. The first-order valence-corrected chi connectivity index (χ1v) is 6.65. The summed E-state index contributed by atoms with van der Waals surface area (Å²) in [5, 5.41) is 5.56. The summed E-state index contributed by atoms with van der Waals surface area (Å²) in [6.07, 6.45) is 1.94. The van der Waals surface area contributed by atoms with E-state index in [9.17, 15) is 0 Å². The predicted octanol–water partition coefficient (Wildman–Crippen LogP) is 3.38. The van der Waals surface area contributed by atoms with Crippen LogP contribution >= 0.6 is 11.3 Å². The van der Waals surface area contributed by atoms with E-state index in [-0.39, 0.29) is 6.04 Å². The molecule has 1 unspecified atom stereocenters. The van der Waals surface area contributed by atoms with Gasteiger partial charge in [-0.1, -0.05) is 6.07 Å². The van der Waals surface area contributed by atoms with Gasteiger partial charge in [0.15, 0.2) is 0 Å². The minimum atomic E-state index is 0.195. The zero-order chi connectivity index (χ0) is 12.4. The van der Waals surface area contributed by atoms with Gasteiger partial charge >= 0.3 is 0 Å². The predicted molar refractivity (Wildman–Crippen MR) is 73.7 cm³/mol. The van der Waals surface area contributed by atoms with Crippen molar-refractivity contribution in [3.63, 3.8) is 0 Å². The maximum Gasteiger partial charge on any atom is 0.0759 e. The molecule has 0 amide bonds. The summed E-state index contributed by atoms with van der Waals surface area (Å²) in [7, 11) is 1.98. The lowest BCUT2D eigenvalue weighted by atomic mass is 10.0. The molecule has 3 heteroatoms. The number of pyridine rings is 1. The molecule has 2 nitrogen and oxygen atoms in total. The van der Waals surface area contributed by atoms with Gasteiger partial charge in [-0.25, -0.2) is 0 Å². The van der Waals surface area contributed by atoms with E-state index in [2.05, 4.69) is 48.6 Å². The summed E-state index contributed by atoms with van der Waals surface area (Å²) >= 11 is 1.78. The average Bonchev–Trinajstić information content (AvgIpc) is 2.69. The molecule has 0 fully saturated rings. The quantitative estimate of drug-likeness (QED) is 0.898. The van der Waals surface area contributed by atoms with E-state index < -0.39 is 0 Å². The number of hydrogen-bond donors (Lipinski definition) is 1. The zero-order valence-electron chi connectivity index (χ0n) is 10.7. The highest BCUT2D eigenvalue weighted by Gasteiger charge is 2.16. The molecule has 0 spiro atoms. The number of rotatable bonds is 3. The average molecular weight is 246 g/mol. The van der Waals surface area contributed by atoms with Crippen LogP contribution in [0, 0.1) is 20.8 Å². The molecule has 0 bridgehead atoms. The molecule has 0 aliphatic heterocycles. The third-order valence-corrected chi connectivity index (χ3v) is 3.78. The number of thiophene rings is 1. The molecule has 2 aromatic rings. The lowest BCUT2D eigenvalue weighted by molar-refractivity contribution is 0.667. The Balaban J connectivity index is 2.42. The number of hydrogen-bond acceptors (Lipinski definition) is 3. The highest BCUT2D eigenvalue weighted by Crippen LogP contribution is 2.26. The van der Waals surface area contributed by atoms with Crippen LogP contribution in [-0.4, -0.2) is 12.0 Å². The zero-order valence-corrected chi connectivity index (χ0v) is 11.6. The van der Waals surface area contributed by atoms with Crippen LogP contribution in [0.3, 0.4) is 0 Å². The third-order valence-electron chi connectivity index (χ3n) is 2.90. The molecule has 0 radical (unpaired) electrons. The number of nitrogens with zero attached hydrogens (tertiary/aromatic N) is 1. The van der Waals surface area contributed by atoms with Crippen molar-refractivity contribution in [2.45, 2.75) is 26.8 Å². The molecule has 0 saturated heterocycles. The molecule has 0 aliphatic rings. The van der Waals surface area contributed by atoms with Crippen molar-refractivity contribution in [1.29, 1.82) is 0 Å². The summed E-state index contributed by atoms with van der Waals surface area (Å²) in [4.78, 5) is 5.91. The summed E-state index contributed by atoms with van der Waals surface area (Å²) in [5.74, 6) is 0. The summed E-state index contributed by atoms with van der Waals surface area (Å²) in [6.45, 7) is 6.34. The van der Waals surface area contributed by atoms with E-state index in [4.69, 9.17) is 0 Å². The first-order valence-electron chi connectivity index (χ1n) is 5.77. The number of aryl methyl sites for hydroxylation is 3. The molecule has 0 saturated carbocycles. The Kier molecular flexibility index (Phi) is 3.60. The van der Waals surface area contributed by atoms with Crippen LogP contribution < -0.4 is 5.32 Å². The van der Waals surface area contributed by atoms with Crippen molar-refractivity contribution < 1.29 is 0 Å². The molecular weight excluding hydrogens is 228 g/mol. The highest BCUT2D eigenvalue weighted by atomic mass is 32.1. The fourth-order valence-electron chi connectivity index (χ4n) is 2.10. The molecule has 0 aromatic carbocycles. The minimum Gasteiger partial charge on any atom is -0.308 e. The van der Waals surface area contributed by atoms with Crippen LogP contribution in [0.15, 0.2) is 23.7 Å². The molecule has 2 rings (SSSR count). The molecule has 90 valence electrons. The smallest absolute Gasteiger partial charge is 0.0759 e. The van der Waals surface area contributed by atoms with Crippen molar-refractivity contribution >= 4 is 11.3 Å². The Morgan fingerprint density at radius 1 is 1.24 bits per heavy atom. The topological polar surface area (TPSA) is 24.9 Å². The molecule has 2 aromatic heterocycles. The Morgan fingerprint density at radius 2 is 2.00 bits per heavy atom. The standard InChI is InChI=1S/C14H18N2S/c1-9-5-10(2)13(16-7-9)14(15-4)12-6-11(3)17-8-12/h5-8,14-15H,1-4H3. The number of nitrogens with one attached hydrogen (secondary N) is 1. The summed E-state index contributed by atoms with van der Waals surface area (Å²) < 4.78 is 0. The Bertz CT molecular complexity index is 517. The lowest BCUT2D eigenvalue weighted by Gasteiger charge is -2.17. The van der Waals surface area contributed by atoms with Gasteiger partial charge in [-0.3, -0.25) is 4.98 Å². The number of aromatic nitrogens is 1. The Morgan fingerprint density at radius 3 is 2.53 bits per heavy atom. The van der Waals surface area contributed by atoms with E-state index in [1.54, 1.807) is 11.3 Å². The fraction of sp³-hybridized carbons (Fsp3) is 0.357. The Labute approximate surface area is 107 Å². The highest BCUT2D eigenvalue weighted by molar-refractivity contribution is 7.10. The van der Waals surface area contributed by atoms with Gasteiger partial charge in [0.25, 0.3) is 0 Å². The van der Waals surface area contributed by atoms with Gasteiger partial charge < -0.3 is 5.32 Å². The van der Waals surface area contributed by atoms with Crippen molar-refractivity contribution in [2.75, 3.05) is 7.05 Å². The van der Waals surface area contributed by atoms with Crippen LogP contribution in [0.1, 0.15) is 33.3 Å². The molecule has 1 atom stereocenters. The van der Waals surface area contributed by atoms with Gasteiger partial charge in [-0.15, -0.1) is 11.3 Å². The van der Waals surface area contributed by atoms with Crippen molar-refractivity contribution in [3.05, 3.63) is 51.0 Å². The van der Waals surface area contributed by atoms with Crippen LogP contribution in [0.4, 0.5) is 0 Å². The molecule has 0 aliphatic carbocycles. The fourth-order valence-corrected chi connectivity index (χ4v) is 2.83. The second-order valence-corrected chi connectivity index (χ2v) is 5.54. The second-order valence-electron chi connectivity index (χ2n) is 4.43. The third kappa shape index (κ3) is 2.56. The van der Waals surface area contributed by atoms with Gasteiger partial charge in [0.05, 0.1) is 11.7 Å². The van der Waals surface area contributed by atoms with Crippen molar-refractivity contribution in [3.8, 4) is 0 Å². The summed E-state index contributed by atoms with van der Waals surface area (Å²) in [5.41, 5.74) is 4.88. The van der Waals surface area contributed by atoms with E-state index in [1.165, 1.54) is 21.6 Å². The van der Waals surface area contributed by atoms with E-state index in [0.29, 0.717) is 0 Å². The van der Waals surface area contributed by atoms with Crippen molar-refractivity contribution in [1.82, 2.24) is 10.3 Å². The first kappa shape index (κ1) is 12.3. The second kappa shape index (κ2) is 4.98. The molecule has 1 N–H and O–H groups in total. The lowest BCUT2D eigenvalue weighted by Crippen LogP contribution is -2.19. The maximum atomic E-state index is 4.58. The van der Waals surface area contributed by atoms with Crippen LogP contribution in [0.5, 0.6) is 0 Å². The van der Waals surface area contributed by atoms with Crippen molar-refractivity contribution in [2.24, 2.45) is 0 Å².